The van der Waals surface area contributed by atoms with Crippen LogP contribution >= 0.6 is 0 Å². The fourth-order valence-corrected chi connectivity index (χ4v) is 2.61. The molecular formula is C17H21N5O5. The number of hydrogen-bond acceptors (Lipinski definition) is 7. The Morgan fingerprint density at radius 3 is 2.96 bits per heavy atom. The standard InChI is InChI=1S/C17H21N5O5/c1-4-22-12-6-5-11(9-13(12)26-17(22)24)19-16(23)18-10(2)15-20-14(21-27-15)7-8-25-3/h5-6,9-10H,4,7-8H2,1-3H3,(H2,18,19,23)/t10-/m1/s1. The van der Waals surface area contributed by atoms with Crippen LogP contribution in [0.4, 0.5) is 10.5 Å². The van der Waals surface area contributed by atoms with E-state index in [1.54, 1.807) is 32.2 Å². The normalized spacial score (nSPS) is 12.3. The fourth-order valence-electron chi connectivity index (χ4n) is 2.61. The van der Waals surface area contributed by atoms with Crippen LogP contribution in [-0.4, -0.2) is 34.5 Å². The number of aryl methyl sites for hydroxylation is 1. The van der Waals surface area contributed by atoms with E-state index >= 15 is 0 Å². The first-order valence-electron chi connectivity index (χ1n) is 8.54. The summed E-state index contributed by atoms with van der Waals surface area (Å²) in [5.41, 5.74) is 1.58. The Morgan fingerprint density at radius 1 is 1.41 bits per heavy atom. The number of rotatable bonds is 7. The average Bonchev–Trinajstić information content (AvgIpc) is 3.22. The van der Waals surface area contributed by atoms with E-state index < -0.39 is 17.8 Å². The largest absolute Gasteiger partial charge is 0.419 e. The van der Waals surface area contributed by atoms with Gasteiger partial charge in [0.15, 0.2) is 11.4 Å². The SMILES string of the molecule is CCn1c(=O)oc2cc(NC(=O)N[C@H](C)c3nc(CCOC)no3)ccc21. The Labute approximate surface area is 154 Å². The minimum atomic E-state index is -0.475. The molecule has 0 bridgehead atoms. The number of nitrogens with zero attached hydrogens (tertiary/aromatic N) is 3. The lowest BCUT2D eigenvalue weighted by atomic mass is 10.3. The van der Waals surface area contributed by atoms with E-state index in [-0.39, 0.29) is 0 Å². The van der Waals surface area contributed by atoms with E-state index in [4.69, 9.17) is 13.7 Å². The van der Waals surface area contributed by atoms with Gasteiger partial charge in [0.25, 0.3) is 0 Å². The quantitative estimate of drug-likeness (QED) is 0.647. The van der Waals surface area contributed by atoms with E-state index in [1.165, 1.54) is 4.57 Å². The number of hydrogen-bond donors (Lipinski definition) is 2. The molecule has 1 atom stereocenters. The molecular weight excluding hydrogens is 354 g/mol. The molecule has 27 heavy (non-hydrogen) atoms. The summed E-state index contributed by atoms with van der Waals surface area (Å²) in [5.74, 6) is 0.392. The van der Waals surface area contributed by atoms with Crippen molar-refractivity contribution in [1.29, 1.82) is 0 Å². The second-order valence-corrected chi connectivity index (χ2v) is 5.91. The molecule has 2 heterocycles. The number of methoxy groups -OCH3 is 1. The van der Waals surface area contributed by atoms with Crippen LogP contribution in [0.3, 0.4) is 0 Å². The van der Waals surface area contributed by atoms with Gasteiger partial charge in [-0.05, 0) is 26.0 Å². The van der Waals surface area contributed by atoms with Gasteiger partial charge >= 0.3 is 11.8 Å². The van der Waals surface area contributed by atoms with Gasteiger partial charge in [0.1, 0.15) is 6.04 Å². The lowest BCUT2D eigenvalue weighted by Gasteiger charge is -2.11. The molecule has 0 aliphatic rings. The smallest absolute Gasteiger partial charge is 0.408 e. The summed E-state index contributed by atoms with van der Waals surface area (Å²) in [6.07, 6.45) is 0.529. The third-order valence-corrected chi connectivity index (χ3v) is 3.97. The summed E-state index contributed by atoms with van der Waals surface area (Å²) in [7, 11) is 1.59. The molecule has 2 N–H and O–H groups in total. The lowest BCUT2D eigenvalue weighted by molar-refractivity contribution is 0.199. The molecule has 3 aromatic rings. The topological polar surface area (TPSA) is 124 Å². The second-order valence-electron chi connectivity index (χ2n) is 5.91. The average molecular weight is 375 g/mol. The molecule has 0 radical (unpaired) electrons. The van der Waals surface area contributed by atoms with Crippen molar-refractivity contribution >= 4 is 22.8 Å². The van der Waals surface area contributed by atoms with Crippen molar-refractivity contribution in [3.63, 3.8) is 0 Å². The third-order valence-electron chi connectivity index (χ3n) is 3.97. The predicted octanol–water partition coefficient (Wildman–Crippen LogP) is 2.07. The highest BCUT2D eigenvalue weighted by atomic mass is 16.5. The van der Waals surface area contributed by atoms with Gasteiger partial charge < -0.3 is 24.3 Å². The molecule has 0 fully saturated rings. The lowest BCUT2D eigenvalue weighted by Crippen LogP contribution is -2.31. The number of carbonyl (C=O) groups excluding carboxylic acids is 1. The molecule has 0 aliphatic heterocycles. The first kappa shape index (κ1) is 18.6. The van der Waals surface area contributed by atoms with Crippen LogP contribution in [0.25, 0.3) is 11.1 Å². The number of anilines is 1. The van der Waals surface area contributed by atoms with Gasteiger partial charge in [-0.15, -0.1) is 0 Å². The number of ether oxygens (including phenoxy) is 1. The summed E-state index contributed by atoms with van der Waals surface area (Å²) in [5, 5.41) is 9.24. The molecule has 2 aromatic heterocycles. The van der Waals surface area contributed by atoms with E-state index in [0.717, 1.165) is 0 Å². The fraction of sp³-hybridized carbons (Fsp3) is 0.412. The van der Waals surface area contributed by atoms with Gasteiger partial charge in [-0.25, -0.2) is 9.59 Å². The van der Waals surface area contributed by atoms with Gasteiger partial charge in [-0.2, -0.15) is 4.98 Å². The molecule has 3 rings (SSSR count). The highest BCUT2D eigenvalue weighted by Crippen LogP contribution is 2.19. The minimum Gasteiger partial charge on any atom is -0.408 e. The molecule has 0 spiro atoms. The van der Waals surface area contributed by atoms with Gasteiger partial charge in [-0.1, -0.05) is 5.16 Å². The summed E-state index contributed by atoms with van der Waals surface area (Å²) in [6.45, 7) is 4.58. The Bertz CT molecular complexity index is 989. The Kier molecular flexibility index (Phi) is 5.55. The molecule has 10 nitrogen and oxygen atoms in total. The van der Waals surface area contributed by atoms with Crippen molar-refractivity contribution < 1.29 is 18.5 Å². The molecule has 0 saturated heterocycles. The van der Waals surface area contributed by atoms with Crippen LogP contribution < -0.4 is 16.4 Å². The minimum absolute atomic E-state index is 0.303. The molecule has 10 heteroatoms. The summed E-state index contributed by atoms with van der Waals surface area (Å²) >= 11 is 0. The molecule has 0 saturated carbocycles. The number of carbonyl (C=O) groups is 1. The zero-order valence-corrected chi connectivity index (χ0v) is 15.3. The summed E-state index contributed by atoms with van der Waals surface area (Å²) in [4.78, 5) is 28.2. The number of fused-ring (bicyclic) bond motifs is 1. The van der Waals surface area contributed by atoms with E-state index in [1.807, 2.05) is 6.92 Å². The molecule has 2 amide bonds. The van der Waals surface area contributed by atoms with E-state index in [0.29, 0.717) is 48.1 Å². The maximum Gasteiger partial charge on any atom is 0.419 e. The zero-order valence-electron chi connectivity index (χ0n) is 15.3. The Balaban J connectivity index is 1.64. The van der Waals surface area contributed by atoms with Crippen molar-refractivity contribution in [1.82, 2.24) is 20.0 Å². The molecule has 0 unspecified atom stereocenters. The molecule has 1 aromatic carbocycles. The summed E-state index contributed by atoms with van der Waals surface area (Å²) < 4.78 is 16.8. The van der Waals surface area contributed by atoms with Gasteiger partial charge in [-0.3, -0.25) is 4.57 Å². The number of amides is 2. The monoisotopic (exact) mass is 375 g/mol. The van der Waals surface area contributed by atoms with E-state index in [9.17, 15) is 9.59 Å². The molecule has 0 aliphatic carbocycles. The van der Waals surface area contributed by atoms with Gasteiger partial charge in [0.2, 0.25) is 5.89 Å². The zero-order chi connectivity index (χ0) is 19.4. The van der Waals surface area contributed by atoms with Gasteiger partial charge in [0.05, 0.1) is 12.1 Å². The van der Waals surface area contributed by atoms with Crippen molar-refractivity contribution in [3.8, 4) is 0 Å². The second kappa shape index (κ2) is 8.04. The number of aromatic nitrogens is 3. The van der Waals surface area contributed by atoms with Crippen LogP contribution in [0.2, 0.25) is 0 Å². The first-order chi connectivity index (χ1) is 13.0. The van der Waals surface area contributed by atoms with Crippen LogP contribution in [0.15, 0.2) is 31.9 Å². The summed E-state index contributed by atoms with van der Waals surface area (Å²) in [6, 6.07) is 4.10. The first-order valence-corrected chi connectivity index (χ1v) is 8.54. The number of oxazole rings is 1. The maximum atomic E-state index is 12.2. The van der Waals surface area contributed by atoms with Crippen molar-refractivity contribution in [2.24, 2.45) is 0 Å². The van der Waals surface area contributed by atoms with Crippen LogP contribution in [0.5, 0.6) is 0 Å². The van der Waals surface area contributed by atoms with E-state index in [2.05, 4.69) is 20.8 Å². The third kappa shape index (κ3) is 4.17. The highest BCUT2D eigenvalue weighted by molar-refractivity contribution is 5.91. The highest BCUT2D eigenvalue weighted by Gasteiger charge is 2.17. The van der Waals surface area contributed by atoms with Crippen molar-refractivity contribution in [2.75, 3.05) is 19.0 Å². The van der Waals surface area contributed by atoms with Crippen molar-refractivity contribution in [3.05, 3.63) is 40.5 Å². The van der Waals surface area contributed by atoms with Crippen LogP contribution in [0.1, 0.15) is 31.6 Å². The van der Waals surface area contributed by atoms with Gasteiger partial charge in [0, 0.05) is 31.8 Å². The number of benzene rings is 1. The number of urea groups is 1. The Morgan fingerprint density at radius 2 is 2.22 bits per heavy atom. The Hall–Kier alpha value is -3.14. The predicted molar refractivity (Wildman–Crippen MR) is 96.6 cm³/mol. The maximum absolute atomic E-state index is 12.2. The van der Waals surface area contributed by atoms with Crippen molar-refractivity contribution in [2.45, 2.75) is 32.9 Å². The number of nitrogens with one attached hydrogen (secondary N) is 2. The van der Waals surface area contributed by atoms with Crippen LogP contribution in [0, 0.1) is 0 Å². The van der Waals surface area contributed by atoms with Crippen LogP contribution in [-0.2, 0) is 17.7 Å². The molecule has 144 valence electrons.